The van der Waals surface area contributed by atoms with Gasteiger partial charge in [0.05, 0.1) is 20.4 Å². The minimum Gasteiger partial charge on any atom is -0.491 e. The Balaban J connectivity index is 3.30. The van der Waals surface area contributed by atoms with Crippen molar-refractivity contribution in [2.24, 2.45) is 0 Å². The van der Waals surface area contributed by atoms with Crippen LogP contribution in [0.3, 0.4) is 0 Å². The number of hydrogen-bond acceptors (Lipinski definition) is 5. The van der Waals surface area contributed by atoms with E-state index >= 15 is 0 Å². The number of pyridine rings is 1. The van der Waals surface area contributed by atoms with Gasteiger partial charge in [-0.3, -0.25) is 0 Å². The predicted octanol–water partition coefficient (Wildman–Crippen LogP) is 1.87. The molecule has 0 bridgehead atoms. The van der Waals surface area contributed by atoms with Crippen LogP contribution >= 0.6 is 0 Å². The molecule has 0 atom stereocenters. The number of nitriles is 1. The highest BCUT2D eigenvalue weighted by molar-refractivity contribution is 5.56. The van der Waals surface area contributed by atoms with E-state index in [9.17, 15) is 13.2 Å². The van der Waals surface area contributed by atoms with Gasteiger partial charge in [0.1, 0.15) is 6.07 Å². The van der Waals surface area contributed by atoms with Crippen LogP contribution in [-0.4, -0.2) is 25.6 Å². The lowest BCUT2D eigenvalue weighted by atomic mass is 10.2. The normalized spacial score (nSPS) is 10.6. The molecule has 0 spiro atoms. The molecule has 0 saturated carbocycles. The fourth-order valence-corrected chi connectivity index (χ4v) is 1.11. The van der Waals surface area contributed by atoms with Crippen molar-refractivity contribution in [1.82, 2.24) is 4.98 Å². The van der Waals surface area contributed by atoms with Crippen LogP contribution in [0.4, 0.5) is 13.2 Å². The van der Waals surface area contributed by atoms with Gasteiger partial charge >= 0.3 is 6.36 Å². The van der Waals surface area contributed by atoms with Crippen molar-refractivity contribution in [2.45, 2.75) is 6.36 Å². The third-order valence-electron chi connectivity index (χ3n) is 1.70. The maximum absolute atomic E-state index is 12.1. The first-order valence-electron chi connectivity index (χ1n) is 4.19. The molecule has 0 amide bonds. The van der Waals surface area contributed by atoms with E-state index in [4.69, 9.17) is 10.00 Å². The van der Waals surface area contributed by atoms with Crippen LogP contribution in [0.15, 0.2) is 6.20 Å². The minimum atomic E-state index is -4.89. The molecule has 0 aromatic carbocycles. The number of rotatable bonds is 3. The maximum Gasteiger partial charge on any atom is 0.573 e. The molecule has 17 heavy (non-hydrogen) atoms. The average Bonchev–Trinajstić information content (AvgIpc) is 2.26. The molecule has 1 aromatic rings. The monoisotopic (exact) mass is 248 g/mol. The Kier molecular flexibility index (Phi) is 3.62. The maximum atomic E-state index is 12.1. The molecule has 1 aromatic heterocycles. The SMILES string of the molecule is COc1ncc(OC(F)(F)F)c(OC)c1C#N. The Morgan fingerprint density at radius 1 is 1.29 bits per heavy atom. The number of nitrogens with zero attached hydrogens (tertiary/aromatic N) is 2. The molecule has 0 N–H and O–H groups in total. The van der Waals surface area contributed by atoms with Crippen molar-refractivity contribution in [3.8, 4) is 23.4 Å². The van der Waals surface area contributed by atoms with Crippen molar-refractivity contribution in [1.29, 1.82) is 5.26 Å². The smallest absolute Gasteiger partial charge is 0.491 e. The zero-order valence-corrected chi connectivity index (χ0v) is 8.83. The topological polar surface area (TPSA) is 64.4 Å². The van der Waals surface area contributed by atoms with E-state index in [2.05, 4.69) is 14.5 Å². The first kappa shape index (κ1) is 12.9. The number of methoxy groups -OCH3 is 2. The molecular weight excluding hydrogens is 241 g/mol. The van der Waals surface area contributed by atoms with Crippen LogP contribution in [-0.2, 0) is 0 Å². The molecule has 0 unspecified atom stereocenters. The average molecular weight is 248 g/mol. The Labute approximate surface area is 94.3 Å². The van der Waals surface area contributed by atoms with Gasteiger partial charge in [-0.15, -0.1) is 13.2 Å². The third kappa shape index (κ3) is 2.90. The zero-order chi connectivity index (χ0) is 13.1. The molecule has 0 aliphatic rings. The van der Waals surface area contributed by atoms with E-state index in [1.807, 2.05) is 0 Å². The highest BCUT2D eigenvalue weighted by Crippen LogP contribution is 2.37. The Hall–Kier alpha value is -2.17. The van der Waals surface area contributed by atoms with Crippen LogP contribution in [0.1, 0.15) is 5.56 Å². The highest BCUT2D eigenvalue weighted by atomic mass is 19.4. The van der Waals surface area contributed by atoms with Crippen molar-refractivity contribution in [2.75, 3.05) is 14.2 Å². The van der Waals surface area contributed by atoms with E-state index in [-0.39, 0.29) is 17.2 Å². The van der Waals surface area contributed by atoms with Crippen molar-refractivity contribution >= 4 is 0 Å². The molecule has 0 fully saturated rings. The summed E-state index contributed by atoms with van der Waals surface area (Å²) in [7, 11) is 2.34. The van der Waals surface area contributed by atoms with Crippen molar-refractivity contribution in [3.63, 3.8) is 0 Å². The summed E-state index contributed by atoms with van der Waals surface area (Å²) < 4.78 is 49.2. The van der Waals surface area contributed by atoms with Gasteiger partial charge in [0.2, 0.25) is 5.88 Å². The first-order valence-corrected chi connectivity index (χ1v) is 4.19. The summed E-state index contributed by atoms with van der Waals surface area (Å²) in [6.07, 6.45) is -4.12. The molecule has 5 nitrogen and oxygen atoms in total. The molecule has 0 radical (unpaired) electrons. The van der Waals surface area contributed by atoms with Gasteiger partial charge in [-0.25, -0.2) is 4.98 Å². The van der Waals surface area contributed by atoms with Gasteiger partial charge < -0.3 is 14.2 Å². The number of aromatic nitrogens is 1. The Morgan fingerprint density at radius 2 is 1.94 bits per heavy atom. The number of halogens is 3. The van der Waals surface area contributed by atoms with Gasteiger partial charge in [-0.1, -0.05) is 0 Å². The summed E-state index contributed by atoms with van der Waals surface area (Å²) in [6.45, 7) is 0. The third-order valence-corrected chi connectivity index (χ3v) is 1.70. The van der Waals surface area contributed by atoms with Gasteiger partial charge in [-0.2, -0.15) is 5.26 Å². The summed E-state index contributed by atoms with van der Waals surface area (Å²) in [4.78, 5) is 3.51. The minimum absolute atomic E-state index is 0.140. The Morgan fingerprint density at radius 3 is 2.35 bits per heavy atom. The second-order valence-electron chi connectivity index (χ2n) is 2.70. The van der Waals surface area contributed by atoms with Gasteiger partial charge in [0, 0.05) is 0 Å². The van der Waals surface area contributed by atoms with E-state index in [1.54, 1.807) is 6.07 Å². The summed E-state index contributed by atoms with van der Waals surface area (Å²) in [5, 5.41) is 8.80. The summed E-state index contributed by atoms with van der Waals surface area (Å²) >= 11 is 0. The number of alkyl halides is 3. The molecular formula is C9H7F3N2O3. The van der Waals surface area contributed by atoms with Crippen LogP contribution < -0.4 is 14.2 Å². The number of hydrogen-bond donors (Lipinski definition) is 0. The Bertz CT molecular complexity index is 454. The van der Waals surface area contributed by atoms with Crippen LogP contribution in [0.5, 0.6) is 17.4 Å². The summed E-state index contributed by atoms with van der Waals surface area (Å²) in [5.41, 5.74) is -0.267. The molecule has 0 aliphatic heterocycles. The lowest BCUT2D eigenvalue weighted by Gasteiger charge is -2.13. The molecule has 8 heteroatoms. The molecule has 92 valence electrons. The van der Waals surface area contributed by atoms with E-state index in [0.717, 1.165) is 13.3 Å². The zero-order valence-electron chi connectivity index (χ0n) is 8.83. The highest BCUT2D eigenvalue weighted by Gasteiger charge is 2.34. The lowest BCUT2D eigenvalue weighted by molar-refractivity contribution is -0.275. The van der Waals surface area contributed by atoms with E-state index < -0.39 is 12.1 Å². The molecule has 0 aliphatic carbocycles. The summed E-state index contributed by atoms with van der Waals surface area (Å²) in [5.74, 6) is -1.21. The standard InChI is InChI=1S/C9H7F3N2O3/c1-15-7-5(3-13)8(16-2)14-4-6(7)17-9(10,11)12/h4H,1-2H3. The molecule has 1 rings (SSSR count). The van der Waals surface area contributed by atoms with E-state index in [1.165, 1.54) is 7.11 Å². The summed E-state index contributed by atoms with van der Waals surface area (Å²) in [6, 6.07) is 1.63. The fourth-order valence-electron chi connectivity index (χ4n) is 1.11. The predicted molar refractivity (Wildman–Crippen MR) is 48.7 cm³/mol. The van der Waals surface area contributed by atoms with Gasteiger partial charge in [0.25, 0.3) is 0 Å². The molecule has 1 heterocycles. The van der Waals surface area contributed by atoms with Crippen LogP contribution in [0, 0.1) is 11.3 Å². The van der Waals surface area contributed by atoms with E-state index in [0.29, 0.717) is 0 Å². The molecule has 0 saturated heterocycles. The van der Waals surface area contributed by atoms with Gasteiger partial charge in [-0.05, 0) is 0 Å². The lowest BCUT2D eigenvalue weighted by Crippen LogP contribution is -2.18. The first-order chi connectivity index (χ1) is 7.92. The fraction of sp³-hybridized carbons (Fsp3) is 0.333. The quantitative estimate of drug-likeness (QED) is 0.816. The van der Waals surface area contributed by atoms with Crippen molar-refractivity contribution < 1.29 is 27.4 Å². The van der Waals surface area contributed by atoms with Crippen LogP contribution in [0.25, 0.3) is 0 Å². The van der Waals surface area contributed by atoms with Crippen molar-refractivity contribution in [3.05, 3.63) is 11.8 Å². The second-order valence-corrected chi connectivity index (χ2v) is 2.70. The van der Waals surface area contributed by atoms with Gasteiger partial charge in [0.15, 0.2) is 17.1 Å². The second kappa shape index (κ2) is 4.78. The largest absolute Gasteiger partial charge is 0.573 e. The number of ether oxygens (including phenoxy) is 3. The van der Waals surface area contributed by atoms with Crippen LogP contribution in [0.2, 0.25) is 0 Å².